The van der Waals surface area contributed by atoms with Gasteiger partial charge in [0.05, 0.1) is 10.6 Å². The molecule has 1 aliphatic rings. The minimum absolute atomic E-state index is 0.0740. The van der Waals surface area contributed by atoms with E-state index in [9.17, 15) is 13.2 Å². The maximum absolute atomic E-state index is 12.7. The highest BCUT2D eigenvalue weighted by Gasteiger charge is 2.24. The first-order valence-corrected chi connectivity index (χ1v) is 9.84. The SMILES string of the molecule is Cc1cc(Cl)ccc1NS(=O)(=O)c1ccc(N2CCCC2=O)cc1C. The lowest BCUT2D eigenvalue weighted by atomic mass is 10.2. The van der Waals surface area contributed by atoms with Gasteiger partial charge < -0.3 is 4.90 Å². The van der Waals surface area contributed by atoms with E-state index in [1.165, 1.54) is 0 Å². The van der Waals surface area contributed by atoms with Crippen molar-refractivity contribution in [2.45, 2.75) is 31.6 Å². The van der Waals surface area contributed by atoms with Crippen molar-refractivity contribution in [2.75, 3.05) is 16.2 Å². The highest BCUT2D eigenvalue weighted by molar-refractivity contribution is 7.92. The fourth-order valence-corrected chi connectivity index (χ4v) is 4.55. The van der Waals surface area contributed by atoms with E-state index in [4.69, 9.17) is 11.6 Å². The number of aryl methyl sites for hydroxylation is 2. The number of carbonyl (C=O) groups is 1. The molecule has 0 spiro atoms. The number of anilines is 2. The zero-order valence-corrected chi connectivity index (χ0v) is 15.6. The van der Waals surface area contributed by atoms with Crippen LogP contribution in [-0.2, 0) is 14.8 Å². The second-order valence-corrected chi connectivity index (χ2v) is 8.25. The molecular formula is C18H19ClN2O3S. The predicted octanol–water partition coefficient (Wildman–Crippen LogP) is 3.88. The molecule has 0 aromatic heterocycles. The topological polar surface area (TPSA) is 66.5 Å². The number of rotatable bonds is 4. The fraction of sp³-hybridized carbons (Fsp3) is 0.278. The Kier molecular flexibility index (Phi) is 4.75. The van der Waals surface area contributed by atoms with E-state index in [0.717, 1.165) is 17.7 Å². The van der Waals surface area contributed by atoms with Crippen LogP contribution in [0.5, 0.6) is 0 Å². The molecule has 7 heteroatoms. The monoisotopic (exact) mass is 378 g/mol. The summed E-state index contributed by atoms with van der Waals surface area (Å²) < 4.78 is 28.1. The second-order valence-electron chi connectivity index (χ2n) is 6.16. The maximum atomic E-state index is 12.7. The van der Waals surface area contributed by atoms with Gasteiger partial charge in [0, 0.05) is 23.7 Å². The number of sulfonamides is 1. The van der Waals surface area contributed by atoms with Crippen LogP contribution in [0.25, 0.3) is 0 Å². The molecule has 1 heterocycles. The highest BCUT2D eigenvalue weighted by Crippen LogP contribution is 2.28. The van der Waals surface area contributed by atoms with Gasteiger partial charge in [0.15, 0.2) is 0 Å². The summed E-state index contributed by atoms with van der Waals surface area (Å²) in [5, 5.41) is 0.552. The molecule has 0 unspecified atom stereocenters. The molecule has 25 heavy (non-hydrogen) atoms. The molecule has 1 fully saturated rings. The maximum Gasteiger partial charge on any atom is 0.262 e. The quantitative estimate of drug-likeness (QED) is 0.877. The van der Waals surface area contributed by atoms with E-state index in [2.05, 4.69) is 4.72 Å². The van der Waals surface area contributed by atoms with Crippen LogP contribution in [0.4, 0.5) is 11.4 Å². The van der Waals surface area contributed by atoms with Gasteiger partial charge in [0.1, 0.15) is 0 Å². The second kappa shape index (κ2) is 6.69. The minimum atomic E-state index is -3.73. The van der Waals surface area contributed by atoms with Crippen LogP contribution >= 0.6 is 11.6 Å². The van der Waals surface area contributed by atoms with Crippen LogP contribution < -0.4 is 9.62 Å². The largest absolute Gasteiger partial charge is 0.312 e. The van der Waals surface area contributed by atoms with Gasteiger partial charge in [-0.25, -0.2) is 8.42 Å². The van der Waals surface area contributed by atoms with Gasteiger partial charge in [-0.2, -0.15) is 0 Å². The van der Waals surface area contributed by atoms with Crippen molar-refractivity contribution in [3.8, 4) is 0 Å². The number of nitrogens with one attached hydrogen (secondary N) is 1. The molecule has 1 saturated heterocycles. The fourth-order valence-electron chi connectivity index (χ4n) is 2.97. The minimum Gasteiger partial charge on any atom is -0.312 e. The number of hydrogen-bond acceptors (Lipinski definition) is 3. The summed E-state index contributed by atoms with van der Waals surface area (Å²) in [5.41, 5.74) is 2.56. The van der Waals surface area contributed by atoms with E-state index in [0.29, 0.717) is 29.2 Å². The van der Waals surface area contributed by atoms with E-state index >= 15 is 0 Å². The standard InChI is InChI=1S/C18H19ClN2O3S/c1-12-10-14(19)5-7-16(12)20-25(23,24)17-8-6-15(11-13(17)2)21-9-3-4-18(21)22/h5-8,10-11,20H,3-4,9H2,1-2H3. The lowest BCUT2D eigenvalue weighted by molar-refractivity contribution is -0.117. The third-order valence-corrected chi connectivity index (χ3v) is 6.03. The zero-order chi connectivity index (χ0) is 18.2. The van der Waals surface area contributed by atoms with Gasteiger partial charge in [0.25, 0.3) is 10.0 Å². The Labute approximate surface area is 152 Å². The molecule has 0 saturated carbocycles. The number of halogens is 1. The molecule has 1 aliphatic heterocycles. The normalized spacial score (nSPS) is 14.8. The molecule has 1 N–H and O–H groups in total. The van der Waals surface area contributed by atoms with Crippen LogP contribution in [0.15, 0.2) is 41.3 Å². The van der Waals surface area contributed by atoms with Crippen LogP contribution in [0.2, 0.25) is 5.02 Å². The van der Waals surface area contributed by atoms with E-state index in [1.54, 1.807) is 55.1 Å². The third kappa shape index (κ3) is 3.65. The average Bonchev–Trinajstić information content (AvgIpc) is 2.96. The first-order chi connectivity index (χ1) is 11.8. The van der Waals surface area contributed by atoms with Crippen LogP contribution in [0.3, 0.4) is 0 Å². The first kappa shape index (κ1) is 17.8. The summed E-state index contributed by atoms with van der Waals surface area (Å²) in [6.45, 7) is 4.19. The van der Waals surface area contributed by atoms with Crippen molar-refractivity contribution in [1.82, 2.24) is 0 Å². The number of nitrogens with zero attached hydrogens (tertiary/aromatic N) is 1. The Morgan fingerprint density at radius 1 is 1.08 bits per heavy atom. The summed E-state index contributed by atoms with van der Waals surface area (Å²) in [7, 11) is -3.73. The third-order valence-electron chi connectivity index (χ3n) is 4.27. The summed E-state index contributed by atoms with van der Waals surface area (Å²) >= 11 is 5.91. The molecule has 0 radical (unpaired) electrons. The van der Waals surface area contributed by atoms with Crippen LogP contribution in [0, 0.1) is 13.8 Å². The molecule has 0 atom stereocenters. The lowest BCUT2D eigenvalue weighted by Gasteiger charge is -2.18. The number of hydrogen-bond donors (Lipinski definition) is 1. The Balaban J connectivity index is 1.90. The summed E-state index contributed by atoms with van der Waals surface area (Å²) in [5.74, 6) is 0.0740. The van der Waals surface area contributed by atoms with Crippen molar-refractivity contribution in [3.05, 3.63) is 52.5 Å². The van der Waals surface area contributed by atoms with Gasteiger partial charge in [-0.15, -0.1) is 0 Å². The molecule has 132 valence electrons. The van der Waals surface area contributed by atoms with Gasteiger partial charge in [-0.3, -0.25) is 9.52 Å². The zero-order valence-electron chi connectivity index (χ0n) is 14.0. The van der Waals surface area contributed by atoms with Gasteiger partial charge in [0.2, 0.25) is 5.91 Å². The molecular weight excluding hydrogens is 360 g/mol. The molecule has 0 bridgehead atoms. The van der Waals surface area contributed by atoms with Crippen molar-refractivity contribution in [3.63, 3.8) is 0 Å². The summed E-state index contributed by atoms with van der Waals surface area (Å²) in [6.07, 6.45) is 1.37. The Morgan fingerprint density at radius 2 is 1.84 bits per heavy atom. The Hall–Kier alpha value is -2.05. The number of carbonyl (C=O) groups excluding carboxylic acids is 1. The predicted molar refractivity (Wildman–Crippen MR) is 99.8 cm³/mol. The van der Waals surface area contributed by atoms with E-state index in [-0.39, 0.29) is 10.8 Å². The first-order valence-electron chi connectivity index (χ1n) is 7.98. The number of benzene rings is 2. The van der Waals surface area contributed by atoms with Gasteiger partial charge in [-0.05, 0) is 67.8 Å². The molecule has 3 rings (SSSR count). The van der Waals surface area contributed by atoms with Crippen LogP contribution in [-0.4, -0.2) is 20.9 Å². The molecule has 0 aliphatic carbocycles. The van der Waals surface area contributed by atoms with Gasteiger partial charge >= 0.3 is 0 Å². The molecule has 1 amide bonds. The van der Waals surface area contributed by atoms with E-state index < -0.39 is 10.0 Å². The van der Waals surface area contributed by atoms with E-state index in [1.807, 2.05) is 0 Å². The summed E-state index contributed by atoms with van der Waals surface area (Å²) in [4.78, 5) is 13.7. The molecule has 5 nitrogen and oxygen atoms in total. The average molecular weight is 379 g/mol. The van der Waals surface area contributed by atoms with Crippen molar-refractivity contribution < 1.29 is 13.2 Å². The Morgan fingerprint density at radius 3 is 2.44 bits per heavy atom. The summed E-state index contributed by atoms with van der Waals surface area (Å²) in [6, 6.07) is 9.95. The van der Waals surface area contributed by atoms with Crippen LogP contribution in [0.1, 0.15) is 24.0 Å². The smallest absolute Gasteiger partial charge is 0.262 e. The molecule has 2 aromatic rings. The van der Waals surface area contributed by atoms with Crippen molar-refractivity contribution >= 4 is 38.9 Å². The van der Waals surface area contributed by atoms with Crippen molar-refractivity contribution in [2.24, 2.45) is 0 Å². The van der Waals surface area contributed by atoms with Gasteiger partial charge in [-0.1, -0.05) is 11.6 Å². The number of amides is 1. The van der Waals surface area contributed by atoms with Crippen molar-refractivity contribution in [1.29, 1.82) is 0 Å². The lowest BCUT2D eigenvalue weighted by Crippen LogP contribution is -2.24. The molecule has 2 aromatic carbocycles. The highest BCUT2D eigenvalue weighted by atomic mass is 35.5. The Bertz CT molecular complexity index is 941.